The topological polar surface area (TPSA) is 24.5 Å². The largest absolute Gasteiger partial charge is 0.377 e. The summed E-state index contributed by atoms with van der Waals surface area (Å²) in [5.74, 6) is 0.720. The zero-order chi connectivity index (χ0) is 13.0. The second-order valence-corrected chi connectivity index (χ2v) is 6.26. The number of hydrogen-bond donors (Lipinski definition) is 1. The molecule has 0 aromatic carbocycles. The van der Waals surface area contributed by atoms with Crippen LogP contribution in [0.15, 0.2) is 0 Å². The maximum Gasteiger partial charge on any atom is 0.0702 e. The first-order valence-corrected chi connectivity index (χ1v) is 7.79. The van der Waals surface area contributed by atoms with E-state index in [1.54, 1.807) is 0 Å². The molecular formula is C15H30N2O. The predicted octanol–water partition coefficient (Wildman–Crippen LogP) is 2.26. The van der Waals surface area contributed by atoms with Gasteiger partial charge in [0, 0.05) is 38.3 Å². The molecule has 0 amide bonds. The Bertz CT molecular complexity index is 239. The maximum absolute atomic E-state index is 5.91. The molecule has 2 rings (SSSR count). The summed E-state index contributed by atoms with van der Waals surface area (Å²) in [6.07, 6.45) is 5.58. The fraction of sp³-hybridized carbons (Fsp3) is 1.00. The second kappa shape index (κ2) is 6.88. The molecule has 0 saturated carbocycles. The van der Waals surface area contributed by atoms with Crippen molar-refractivity contribution in [2.24, 2.45) is 5.92 Å². The number of nitrogens with one attached hydrogen (secondary N) is 1. The van der Waals surface area contributed by atoms with E-state index < -0.39 is 0 Å². The molecule has 1 N–H and O–H groups in total. The quantitative estimate of drug-likeness (QED) is 0.833. The van der Waals surface area contributed by atoms with Gasteiger partial charge in [0.2, 0.25) is 0 Å². The van der Waals surface area contributed by atoms with E-state index in [0.717, 1.165) is 25.6 Å². The van der Waals surface area contributed by atoms with Gasteiger partial charge in [-0.15, -0.1) is 0 Å². The second-order valence-electron chi connectivity index (χ2n) is 6.26. The monoisotopic (exact) mass is 254 g/mol. The molecule has 2 saturated heterocycles. The van der Waals surface area contributed by atoms with E-state index in [2.05, 4.69) is 31.0 Å². The zero-order valence-corrected chi connectivity index (χ0v) is 12.3. The summed E-state index contributed by atoms with van der Waals surface area (Å²) in [6, 6.07) is 1.35. The van der Waals surface area contributed by atoms with Gasteiger partial charge in [0.25, 0.3) is 0 Å². The van der Waals surface area contributed by atoms with Gasteiger partial charge < -0.3 is 10.1 Å². The van der Waals surface area contributed by atoms with Crippen LogP contribution in [0.3, 0.4) is 0 Å². The summed E-state index contributed by atoms with van der Waals surface area (Å²) < 4.78 is 5.91. The first kappa shape index (κ1) is 14.3. The Balaban J connectivity index is 1.88. The standard InChI is InChI=1S/C15H30N2O/c1-4-13-9-16-15(12(2)3)11-17(13)10-14-7-5-6-8-18-14/h12-16H,4-11H2,1-3H3. The third-order valence-electron chi connectivity index (χ3n) is 4.55. The van der Waals surface area contributed by atoms with Crippen LogP contribution >= 0.6 is 0 Å². The summed E-state index contributed by atoms with van der Waals surface area (Å²) in [4.78, 5) is 2.68. The Hall–Kier alpha value is -0.120. The van der Waals surface area contributed by atoms with Crippen LogP contribution in [-0.4, -0.2) is 49.3 Å². The molecule has 0 aliphatic carbocycles. The van der Waals surface area contributed by atoms with Gasteiger partial charge in [-0.25, -0.2) is 0 Å². The summed E-state index contributed by atoms with van der Waals surface area (Å²) >= 11 is 0. The molecule has 3 unspecified atom stereocenters. The van der Waals surface area contributed by atoms with Crippen molar-refractivity contribution in [1.29, 1.82) is 0 Å². The molecule has 3 heteroatoms. The van der Waals surface area contributed by atoms with Gasteiger partial charge in [0.1, 0.15) is 0 Å². The Labute approximate surface area is 112 Å². The van der Waals surface area contributed by atoms with Crippen molar-refractivity contribution in [3.63, 3.8) is 0 Å². The lowest BCUT2D eigenvalue weighted by Crippen LogP contribution is -2.59. The first-order chi connectivity index (χ1) is 8.70. The molecule has 3 atom stereocenters. The highest BCUT2D eigenvalue weighted by Gasteiger charge is 2.30. The lowest BCUT2D eigenvalue weighted by molar-refractivity contribution is -0.0236. The Kier molecular flexibility index (Phi) is 5.46. The van der Waals surface area contributed by atoms with E-state index in [1.165, 1.54) is 32.2 Å². The Morgan fingerprint density at radius 1 is 1.33 bits per heavy atom. The van der Waals surface area contributed by atoms with E-state index in [4.69, 9.17) is 4.74 Å². The van der Waals surface area contributed by atoms with E-state index in [1.807, 2.05) is 0 Å². The SMILES string of the molecule is CCC1CNC(C(C)C)CN1CC1CCCCO1. The average molecular weight is 254 g/mol. The molecule has 2 heterocycles. The number of piperazine rings is 1. The summed E-state index contributed by atoms with van der Waals surface area (Å²) in [6.45, 7) is 11.4. The van der Waals surface area contributed by atoms with Crippen molar-refractivity contribution in [3.05, 3.63) is 0 Å². The molecule has 0 aromatic heterocycles. The van der Waals surface area contributed by atoms with Crippen LogP contribution in [0.2, 0.25) is 0 Å². The first-order valence-electron chi connectivity index (χ1n) is 7.79. The van der Waals surface area contributed by atoms with Crippen molar-refractivity contribution < 1.29 is 4.74 Å². The lowest BCUT2D eigenvalue weighted by Gasteiger charge is -2.43. The number of rotatable bonds is 4. The summed E-state index contributed by atoms with van der Waals surface area (Å²) in [5.41, 5.74) is 0. The minimum absolute atomic E-state index is 0.485. The molecule has 2 aliphatic rings. The molecule has 2 fully saturated rings. The van der Waals surface area contributed by atoms with Crippen molar-refractivity contribution in [1.82, 2.24) is 10.2 Å². The van der Waals surface area contributed by atoms with Gasteiger partial charge in [0.15, 0.2) is 0 Å². The minimum Gasteiger partial charge on any atom is -0.377 e. The molecule has 106 valence electrons. The number of nitrogens with zero attached hydrogens (tertiary/aromatic N) is 1. The highest BCUT2D eigenvalue weighted by molar-refractivity contribution is 4.88. The molecule has 0 radical (unpaired) electrons. The van der Waals surface area contributed by atoms with E-state index in [-0.39, 0.29) is 0 Å². The molecule has 0 bridgehead atoms. The number of ether oxygens (including phenoxy) is 1. The molecule has 0 spiro atoms. The smallest absolute Gasteiger partial charge is 0.0702 e. The van der Waals surface area contributed by atoms with Crippen LogP contribution in [0.25, 0.3) is 0 Å². The molecule has 18 heavy (non-hydrogen) atoms. The third kappa shape index (κ3) is 3.69. The van der Waals surface area contributed by atoms with Gasteiger partial charge in [-0.2, -0.15) is 0 Å². The number of hydrogen-bond acceptors (Lipinski definition) is 3. The van der Waals surface area contributed by atoms with E-state index >= 15 is 0 Å². The highest BCUT2D eigenvalue weighted by Crippen LogP contribution is 2.19. The average Bonchev–Trinajstić information content (AvgIpc) is 2.39. The van der Waals surface area contributed by atoms with Crippen molar-refractivity contribution in [2.75, 3.05) is 26.2 Å². The van der Waals surface area contributed by atoms with Gasteiger partial charge in [0.05, 0.1) is 6.10 Å². The van der Waals surface area contributed by atoms with E-state index in [0.29, 0.717) is 18.2 Å². The van der Waals surface area contributed by atoms with Crippen LogP contribution in [0.5, 0.6) is 0 Å². The van der Waals surface area contributed by atoms with Gasteiger partial charge in [-0.1, -0.05) is 20.8 Å². The Morgan fingerprint density at radius 2 is 2.17 bits per heavy atom. The molecular weight excluding hydrogens is 224 g/mol. The van der Waals surface area contributed by atoms with Gasteiger partial charge >= 0.3 is 0 Å². The van der Waals surface area contributed by atoms with Crippen LogP contribution in [-0.2, 0) is 4.74 Å². The van der Waals surface area contributed by atoms with Crippen molar-refractivity contribution >= 4 is 0 Å². The third-order valence-corrected chi connectivity index (χ3v) is 4.55. The van der Waals surface area contributed by atoms with Gasteiger partial charge in [-0.3, -0.25) is 4.90 Å². The predicted molar refractivity (Wildman–Crippen MR) is 75.9 cm³/mol. The van der Waals surface area contributed by atoms with Crippen LogP contribution < -0.4 is 5.32 Å². The lowest BCUT2D eigenvalue weighted by atomic mass is 9.97. The van der Waals surface area contributed by atoms with Crippen molar-refractivity contribution in [2.45, 2.75) is 64.6 Å². The molecule has 2 aliphatic heterocycles. The fourth-order valence-corrected chi connectivity index (χ4v) is 3.17. The summed E-state index contributed by atoms with van der Waals surface area (Å²) in [7, 11) is 0. The van der Waals surface area contributed by atoms with Crippen LogP contribution in [0.1, 0.15) is 46.5 Å². The van der Waals surface area contributed by atoms with Crippen LogP contribution in [0, 0.1) is 5.92 Å². The Morgan fingerprint density at radius 3 is 2.78 bits per heavy atom. The summed E-state index contributed by atoms with van der Waals surface area (Å²) in [5, 5.41) is 3.70. The van der Waals surface area contributed by atoms with Crippen molar-refractivity contribution in [3.8, 4) is 0 Å². The van der Waals surface area contributed by atoms with E-state index in [9.17, 15) is 0 Å². The molecule has 0 aromatic rings. The molecule has 3 nitrogen and oxygen atoms in total. The van der Waals surface area contributed by atoms with Gasteiger partial charge in [-0.05, 0) is 31.6 Å². The van der Waals surface area contributed by atoms with Crippen LogP contribution in [0.4, 0.5) is 0 Å². The zero-order valence-electron chi connectivity index (χ0n) is 12.3. The minimum atomic E-state index is 0.485. The normalized spacial score (nSPS) is 35.0. The maximum atomic E-state index is 5.91. The highest BCUT2D eigenvalue weighted by atomic mass is 16.5. The fourth-order valence-electron chi connectivity index (χ4n) is 3.17.